The van der Waals surface area contributed by atoms with Gasteiger partial charge in [-0.1, -0.05) is 53.8 Å². The fourth-order valence-electron chi connectivity index (χ4n) is 3.24. The highest BCUT2D eigenvalue weighted by atomic mass is 32.1. The second-order valence-electron chi connectivity index (χ2n) is 6.74. The molecule has 2 heterocycles. The van der Waals surface area contributed by atoms with Crippen LogP contribution in [-0.2, 0) is 0 Å². The Labute approximate surface area is 180 Å². The summed E-state index contributed by atoms with van der Waals surface area (Å²) in [5, 5.41) is 4.41. The summed E-state index contributed by atoms with van der Waals surface area (Å²) in [6, 6.07) is 19.6. The van der Waals surface area contributed by atoms with Crippen molar-refractivity contribution in [3.05, 3.63) is 88.4 Å². The van der Waals surface area contributed by atoms with Crippen molar-refractivity contribution in [3.63, 3.8) is 0 Å². The van der Waals surface area contributed by atoms with Crippen molar-refractivity contribution < 1.29 is 9.59 Å². The standard InChI is InChI=1S/C23H15N3O2S2/c1-13-24-17-11-12-18-21(20(17)29-13)30-23(25-18)26-22(28)16-9-7-15(8-10-16)19(27)14-5-3-2-4-6-14/h2-12H,1H3,(H,25,26,28). The minimum Gasteiger partial charge on any atom is -0.298 e. The fraction of sp³-hybridized carbons (Fsp3) is 0.0435. The Morgan fingerprint density at radius 1 is 0.733 bits per heavy atom. The smallest absolute Gasteiger partial charge is 0.257 e. The zero-order valence-electron chi connectivity index (χ0n) is 15.9. The van der Waals surface area contributed by atoms with Crippen LogP contribution < -0.4 is 5.32 Å². The third kappa shape index (κ3) is 3.38. The summed E-state index contributed by atoms with van der Waals surface area (Å²) >= 11 is 3.07. The van der Waals surface area contributed by atoms with E-state index in [2.05, 4.69) is 15.3 Å². The number of carbonyl (C=O) groups is 2. The molecule has 5 rings (SSSR count). The first-order valence-corrected chi connectivity index (χ1v) is 10.9. The predicted octanol–water partition coefficient (Wildman–Crippen LogP) is 5.70. The number of hydrogen-bond acceptors (Lipinski definition) is 6. The Bertz CT molecular complexity index is 1400. The molecular formula is C23H15N3O2S2. The van der Waals surface area contributed by atoms with Crippen LogP contribution in [0.1, 0.15) is 31.3 Å². The van der Waals surface area contributed by atoms with Crippen molar-refractivity contribution in [3.8, 4) is 0 Å². The predicted molar refractivity (Wildman–Crippen MR) is 122 cm³/mol. The van der Waals surface area contributed by atoms with Crippen molar-refractivity contribution in [2.45, 2.75) is 6.92 Å². The van der Waals surface area contributed by atoms with Gasteiger partial charge < -0.3 is 0 Å². The van der Waals surface area contributed by atoms with E-state index in [0.29, 0.717) is 21.8 Å². The number of anilines is 1. The zero-order chi connectivity index (χ0) is 20.7. The lowest BCUT2D eigenvalue weighted by Gasteiger charge is -2.04. The summed E-state index contributed by atoms with van der Waals surface area (Å²) in [5.41, 5.74) is 3.42. The maximum atomic E-state index is 12.7. The first-order valence-electron chi connectivity index (χ1n) is 9.26. The fourth-order valence-corrected chi connectivity index (χ4v) is 5.24. The van der Waals surface area contributed by atoms with Crippen LogP contribution in [0.5, 0.6) is 0 Å². The molecule has 5 nitrogen and oxygen atoms in total. The molecule has 1 amide bonds. The summed E-state index contributed by atoms with van der Waals surface area (Å²) in [5.74, 6) is -0.331. The monoisotopic (exact) mass is 429 g/mol. The van der Waals surface area contributed by atoms with Crippen LogP contribution in [0.15, 0.2) is 66.7 Å². The third-order valence-electron chi connectivity index (χ3n) is 4.68. The molecule has 5 aromatic rings. The highest BCUT2D eigenvalue weighted by molar-refractivity contribution is 7.28. The van der Waals surface area contributed by atoms with Gasteiger partial charge in [-0.05, 0) is 31.2 Å². The molecule has 7 heteroatoms. The highest BCUT2D eigenvalue weighted by Crippen LogP contribution is 2.35. The van der Waals surface area contributed by atoms with Crippen LogP contribution in [0.25, 0.3) is 20.4 Å². The lowest BCUT2D eigenvalue weighted by Crippen LogP contribution is -2.12. The lowest BCUT2D eigenvalue weighted by atomic mass is 10.0. The van der Waals surface area contributed by atoms with Crippen LogP contribution in [0.4, 0.5) is 5.13 Å². The van der Waals surface area contributed by atoms with Gasteiger partial charge in [0.2, 0.25) is 0 Å². The van der Waals surface area contributed by atoms with E-state index in [0.717, 1.165) is 25.4 Å². The first kappa shape index (κ1) is 18.6. The maximum absolute atomic E-state index is 12.7. The van der Waals surface area contributed by atoms with E-state index in [-0.39, 0.29) is 11.7 Å². The molecule has 0 aliphatic heterocycles. The van der Waals surface area contributed by atoms with E-state index in [1.165, 1.54) is 11.3 Å². The number of amides is 1. The maximum Gasteiger partial charge on any atom is 0.257 e. The Hall–Kier alpha value is -3.42. The zero-order valence-corrected chi connectivity index (χ0v) is 17.5. The number of rotatable bonds is 4. The summed E-state index contributed by atoms with van der Waals surface area (Å²) < 4.78 is 2.11. The summed E-state index contributed by atoms with van der Waals surface area (Å²) in [6.45, 7) is 1.98. The number of benzene rings is 3. The van der Waals surface area contributed by atoms with E-state index in [1.807, 2.05) is 37.3 Å². The van der Waals surface area contributed by atoms with Gasteiger partial charge in [-0.25, -0.2) is 9.97 Å². The topological polar surface area (TPSA) is 72.0 Å². The molecule has 0 bridgehead atoms. The van der Waals surface area contributed by atoms with Crippen LogP contribution in [0.3, 0.4) is 0 Å². The molecule has 3 aromatic carbocycles. The van der Waals surface area contributed by atoms with E-state index in [9.17, 15) is 9.59 Å². The van der Waals surface area contributed by atoms with E-state index >= 15 is 0 Å². The van der Waals surface area contributed by atoms with Crippen molar-refractivity contribution in [1.82, 2.24) is 9.97 Å². The van der Waals surface area contributed by atoms with Gasteiger partial charge in [0, 0.05) is 16.7 Å². The number of thiazole rings is 2. The highest BCUT2D eigenvalue weighted by Gasteiger charge is 2.14. The van der Waals surface area contributed by atoms with Crippen LogP contribution in [0.2, 0.25) is 0 Å². The molecule has 2 aromatic heterocycles. The van der Waals surface area contributed by atoms with E-state index in [4.69, 9.17) is 0 Å². The molecular weight excluding hydrogens is 414 g/mol. The molecule has 0 fully saturated rings. The number of aromatic nitrogens is 2. The average molecular weight is 430 g/mol. The van der Waals surface area contributed by atoms with Gasteiger partial charge in [0.25, 0.3) is 5.91 Å². The van der Waals surface area contributed by atoms with Crippen molar-refractivity contribution >= 4 is 59.9 Å². The molecule has 0 atom stereocenters. The van der Waals surface area contributed by atoms with Crippen molar-refractivity contribution in [1.29, 1.82) is 0 Å². The second-order valence-corrected chi connectivity index (χ2v) is 8.94. The van der Waals surface area contributed by atoms with Crippen molar-refractivity contribution in [2.75, 3.05) is 5.32 Å². The Morgan fingerprint density at radius 2 is 1.33 bits per heavy atom. The average Bonchev–Trinajstić information content (AvgIpc) is 3.36. The summed E-state index contributed by atoms with van der Waals surface area (Å²) in [4.78, 5) is 34.2. The lowest BCUT2D eigenvalue weighted by molar-refractivity contribution is 0.102. The Balaban J connectivity index is 1.37. The number of nitrogens with one attached hydrogen (secondary N) is 1. The second kappa shape index (κ2) is 7.44. The van der Waals surface area contributed by atoms with E-state index < -0.39 is 0 Å². The quantitative estimate of drug-likeness (QED) is 0.372. The summed E-state index contributed by atoms with van der Waals surface area (Å²) in [6.07, 6.45) is 0. The van der Waals surface area contributed by atoms with Gasteiger partial charge in [-0.2, -0.15) is 0 Å². The van der Waals surface area contributed by atoms with E-state index in [1.54, 1.807) is 47.7 Å². The molecule has 0 spiro atoms. The van der Waals surface area contributed by atoms with Gasteiger partial charge >= 0.3 is 0 Å². The molecule has 0 saturated heterocycles. The third-order valence-corrected chi connectivity index (χ3v) is 6.82. The molecule has 0 unspecified atom stereocenters. The number of hydrogen-bond donors (Lipinski definition) is 1. The molecule has 0 radical (unpaired) electrons. The number of nitrogens with zero attached hydrogens (tertiary/aromatic N) is 2. The van der Waals surface area contributed by atoms with Gasteiger partial charge in [0.1, 0.15) is 0 Å². The molecule has 0 aliphatic carbocycles. The van der Waals surface area contributed by atoms with Gasteiger partial charge in [0.15, 0.2) is 10.9 Å². The number of aryl methyl sites for hydroxylation is 1. The number of fused-ring (bicyclic) bond motifs is 3. The molecule has 1 N–H and O–H groups in total. The summed E-state index contributed by atoms with van der Waals surface area (Å²) in [7, 11) is 0. The van der Waals surface area contributed by atoms with Crippen LogP contribution >= 0.6 is 22.7 Å². The normalized spacial score (nSPS) is 11.1. The van der Waals surface area contributed by atoms with Gasteiger partial charge in [-0.3, -0.25) is 14.9 Å². The first-order chi connectivity index (χ1) is 14.6. The minimum atomic E-state index is -0.260. The largest absolute Gasteiger partial charge is 0.298 e. The SMILES string of the molecule is Cc1nc2ccc3nc(NC(=O)c4ccc(C(=O)c5ccccc5)cc4)sc3c2s1. The molecule has 146 valence electrons. The Kier molecular flexibility index (Phi) is 4.61. The van der Waals surface area contributed by atoms with Crippen molar-refractivity contribution in [2.24, 2.45) is 0 Å². The molecule has 0 aliphatic rings. The van der Waals surface area contributed by atoms with Crippen LogP contribution in [0, 0.1) is 6.92 Å². The Morgan fingerprint density at radius 3 is 2.07 bits per heavy atom. The molecule has 30 heavy (non-hydrogen) atoms. The van der Waals surface area contributed by atoms with Gasteiger partial charge in [-0.15, -0.1) is 11.3 Å². The number of carbonyl (C=O) groups excluding carboxylic acids is 2. The minimum absolute atomic E-state index is 0.0717. The number of ketones is 1. The molecule has 0 saturated carbocycles. The van der Waals surface area contributed by atoms with Crippen LogP contribution in [-0.4, -0.2) is 21.7 Å². The van der Waals surface area contributed by atoms with Gasteiger partial charge in [0.05, 0.1) is 25.4 Å².